The Hall–Kier alpha value is -2.36. The molecule has 27 heavy (non-hydrogen) atoms. The third kappa shape index (κ3) is 4.15. The van der Waals surface area contributed by atoms with Crippen LogP contribution in [0, 0.1) is 16.7 Å². The maximum absolute atomic E-state index is 9.23. The highest BCUT2D eigenvalue weighted by molar-refractivity contribution is 5.51. The Labute approximate surface area is 160 Å². The van der Waals surface area contributed by atoms with Crippen molar-refractivity contribution >= 4 is 5.69 Å². The fourth-order valence-electron chi connectivity index (χ4n) is 4.49. The number of aryl methyl sites for hydroxylation is 1. The third-order valence-corrected chi connectivity index (χ3v) is 5.69. The van der Waals surface area contributed by atoms with Crippen LogP contribution in [0.15, 0.2) is 36.7 Å². The van der Waals surface area contributed by atoms with Crippen LogP contribution >= 0.6 is 0 Å². The van der Waals surface area contributed by atoms with Crippen molar-refractivity contribution in [2.24, 2.45) is 12.5 Å². The van der Waals surface area contributed by atoms with Crippen LogP contribution in [0.1, 0.15) is 24.0 Å². The van der Waals surface area contributed by atoms with Crippen molar-refractivity contribution in [2.45, 2.75) is 19.4 Å². The van der Waals surface area contributed by atoms with E-state index in [4.69, 9.17) is 4.74 Å². The first-order valence-electron chi connectivity index (χ1n) is 9.69. The average Bonchev–Trinajstić information content (AvgIpc) is 2.98. The minimum absolute atomic E-state index is 0.138. The van der Waals surface area contributed by atoms with Gasteiger partial charge < -0.3 is 9.64 Å². The number of nitriles is 1. The lowest BCUT2D eigenvalue weighted by Crippen LogP contribution is -2.50. The van der Waals surface area contributed by atoms with Crippen LogP contribution in [-0.2, 0) is 18.3 Å². The Morgan fingerprint density at radius 1 is 1.30 bits per heavy atom. The second-order valence-corrected chi connectivity index (χ2v) is 7.97. The van der Waals surface area contributed by atoms with E-state index in [0.29, 0.717) is 5.56 Å². The Bertz CT molecular complexity index is 826. The molecule has 0 saturated carbocycles. The highest BCUT2D eigenvalue weighted by Crippen LogP contribution is 2.35. The second-order valence-electron chi connectivity index (χ2n) is 7.97. The molecule has 1 atom stereocenters. The van der Waals surface area contributed by atoms with Crippen molar-refractivity contribution in [3.05, 3.63) is 47.8 Å². The van der Waals surface area contributed by atoms with Gasteiger partial charge in [0.25, 0.3) is 0 Å². The van der Waals surface area contributed by atoms with Crippen molar-refractivity contribution in [1.29, 1.82) is 5.26 Å². The van der Waals surface area contributed by atoms with E-state index < -0.39 is 0 Å². The standard InChI is InChI=1S/C21H27N5O/c1-24-13-19(12-23-24)14-25-7-3-6-21(15-25)16-26(8-9-27-17-21)20-5-2-4-18(10-20)11-22/h2,4-5,10,12-13H,3,6-9,14-17H2,1H3. The minimum atomic E-state index is 0.138. The van der Waals surface area contributed by atoms with Gasteiger partial charge in [-0.2, -0.15) is 10.4 Å². The molecule has 1 aromatic carbocycles. The van der Waals surface area contributed by atoms with Crippen molar-refractivity contribution in [2.75, 3.05) is 44.3 Å². The molecule has 6 nitrogen and oxygen atoms in total. The van der Waals surface area contributed by atoms with Crippen LogP contribution in [0.5, 0.6) is 0 Å². The van der Waals surface area contributed by atoms with Crippen molar-refractivity contribution in [3.8, 4) is 6.07 Å². The monoisotopic (exact) mass is 365 g/mol. The fourth-order valence-corrected chi connectivity index (χ4v) is 4.49. The number of piperidine rings is 1. The first-order valence-corrected chi connectivity index (χ1v) is 9.69. The van der Waals surface area contributed by atoms with E-state index in [-0.39, 0.29) is 5.41 Å². The molecule has 2 fully saturated rings. The number of rotatable bonds is 3. The second kappa shape index (κ2) is 7.71. The van der Waals surface area contributed by atoms with Crippen LogP contribution in [0.4, 0.5) is 5.69 Å². The molecular formula is C21H27N5O. The zero-order valence-corrected chi connectivity index (χ0v) is 16.0. The van der Waals surface area contributed by atoms with Crippen molar-refractivity contribution < 1.29 is 4.74 Å². The number of likely N-dealkylation sites (tertiary alicyclic amines) is 1. The SMILES string of the molecule is Cn1cc(CN2CCCC3(COCCN(c4cccc(C#N)c4)C3)C2)cn1. The van der Waals surface area contributed by atoms with E-state index in [9.17, 15) is 5.26 Å². The highest BCUT2D eigenvalue weighted by Gasteiger charge is 2.39. The summed E-state index contributed by atoms with van der Waals surface area (Å²) in [6.07, 6.45) is 6.44. The van der Waals surface area contributed by atoms with E-state index in [0.717, 1.165) is 51.6 Å². The van der Waals surface area contributed by atoms with Gasteiger partial charge in [0.15, 0.2) is 0 Å². The van der Waals surface area contributed by atoms with E-state index in [2.05, 4.69) is 33.2 Å². The fraction of sp³-hybridized carbons (Fsp3) is 0.524. The topological polar surface area (TPSA) is 57.3 Å². The molecule has 0 N–H and O–H groups in total. The van der Waals surface area contributed by atoms with Crippen molar-refractivity contribution in [1.82, 2.24) is 14.7 Å². The molecule has 1 aromatic heterocycles. The van der Waals surface area contributed by atoms with Crippen LogP contribution < -0.4 is 4.90 Å². The van der Waals surface area contributed by atoms with Crippen LogP contribution in [-0.4, -0.2) is 54.1 Å². The maximum atomic E-state index is 9.23. The number of nitrogens with zero attached hydrogens (tertiary/aromatic N) is 5. The van der Waals surface area contributed by atoms with Gasteiger partial charge in [-0.3, -0.25) is 9.58 Å². The summed E-state index contributed by atoms with van der Waals surface area (Å²) in [4.78, 5) is 4.94. The van der Waals surface area contributed by atoms with Gasteiger partial charge in [0.2, 0.25) is 0 Å². The van der Waals surface area contributed by atoms with Gasteiger partial charge in [0.1, 0.15) is 0 Å². The molecule has 2 saturated heterocycles. The van der Waals surface area contributed by atoms with E-state index >= 15 is 0 Å². The molecule has 2 aliphatic heterocycles. The lowest BCUT2D eigenvalue weighted by molar-refractivity contribution is 0.0106. The van der Waals surface area contributed by atoms with Crippen LogP contribution in [0.25, 0.3) is 0 Å². The van der Waals surface area contributed by atoms with Gasteiger partial charge >= 0.3 is 0 Å². The van der Waals surface area contributed by atoms with Gasteiger partial charge in [0.05, 0.1) is 31.0 Å². The molecule has 1 unspecified atom stereocenters. The van der Waals surface area contributed by atoms with Gasteiger partial charge in [-0.25, -0.2) is 0 Å². The summed E-state index contributed by atoms with van der Waals surface area (Å²) in [5.41, 5.74) is 3.25. The first-order chi connectivity index (χ1) is 13.2. The minimum Gasteiger partial charge on any atom is -0.379 e. The molecule has 0 bridgehead atoms. The van der Waals surface area contributed by atoms with Gasteiger partial charge in [-0.15, -0.1) is 0 Å². The predicted molar refractivity (Wildman–Crippen MR) is 104 cm³/mol. The number of benzene rings is 1. The number of ether oxygens (including phenoxy) is 1. The molecule has 3 heterocycles. The highest BCUT2D eigenvalue weighted by atomic mass is 16.5. The summed E-state index contributed by atoms with van der Waals surface area (Å²) in [6.45, 7) is 6.51. The summed E-state index contributed by atoms with van der Waals surface area (Å²) < 4.78 is 7.92. The number of anilines is 1. The molecule has 6 heteroatoms. The Morgan fingerprint density at radius 2 is 2.22 bits per heavy atom. The number of hydrogen-bond acceptors (Lipinski definition) is 5. The van der Waals surface area contributed by atoms with E-state index in [1.54, 1.807) is 0 Å². The Balaban J connectivity index is 1.50. The number of aromatic nitrogens is 2. The Kier molecular flexibility index (Phi) is 5.15. The summed E-state index contributed by atoms with van der Waals surface area (Å²) in [6, 6.07) is 10.2. The quantitative estimate of drug-likeness (QED) is 0.836. The lowest BCUT2D eigenvalue weighted by atomic mass is 9.80. The molecular weight excluding hydrogens is 338 g/mol. The Morgan fingerprint density at radius 3 is 3.04 bits per heavy atom. The molecule has 0 amide bonds. The summed E-state index contributed by atoms with van der Waals surface area (Å²) in [5, 5.41) is 13.5. The molecule has 2 aromatic rings. The normalized spacial score (nSPS) is 23.9. The third-order valence-electron chi connectivity index (χ3n) is 5.69. The smallest absolute Gasteiger partial charge is 0.0992 e. The molecule has 2 aliphatic rings. The van der Waals surface area contributed by atoms with Crippen molar-refractivity contribution in [3.63, 3.8) is 0 Å². The van der Waals surface area contributed by atoms with E-state index in [1.165, 1.54) is 18.4 Å². The summed E-state index contributed by atoms with van der Waals surface area (Å²) in [5.74, 6) is 0. The lowest BCUT2D eigenvalue weighted by Gasteiger charge is -2.44. The summed E-state index contributed by atoms with van der Waals surface area (Å²) >= 11 is 0. The zero-order valence-electron chi connectivity index (χ0n) is 16.0. The molecule has 0 radical (unpaired) electrons. The first kappa shape index (κ1) is 18.0. The molecule has 142 valence electrons. The zero-order chi connectivity index (χ0) is 18.7. The molecule has 4 rings (SSSR count). The van der Waals surface area contributed by atoms with E-state index in [1.807, 2.05) is 36.1 Å². The van der Waals surface area contributed by atoms with Crippen LogP contribution in [0.3, 0.4) is 0 Å². The molecule has 0 aliphatic carbocycles. The van der Waals surface area contributed by atoms with Gasteiger partial charge in [-0.05, 0) is 37.6 Å². The maximum Gasteiger partial charge on any atom is 0.0992 e. The van der Waals surface area contributed by atoms with Crippen LogP contribution in [0.2, 0.25) is 0 Å². The largest absolute Gasteiger partial charge is 0.379 e. The molecule has 1 spiro atoms. The van der Waals surface area contributed by atoms with Gasteiger partial charge in [0, 0.05) is 56.1 Å². The average molecular weight is 365 g/mol. The predicted octanol–water partition coefficient (Wildman–Crippen LogP) is 2.41. The number of hydrogen-bond donors (Lipinski definition) is 0. The van der Waals surface area contributed by atoms with Gasteiger partial charge in [-0.1, -0.05) is 6.07 Å². The summed E-state index contributed by atoms with van der Waals surface area (Å²) in [7, 11) is 1.97.